The fraction of sp³-hybridized carbons (Fsp3) is 0.714. The molecule has 2 heterocycles. The van der Waals surface area contributed by atoms with Gasteiger partial charge in [-0.15, -0.1) is 11.3 Å². The Balaban J connectivity index is 1.94. The zero-order valence-electron chi connectivity index (χ0n) is 11.0. The van der Waals surface area contributed by atoms with Gasteiger partial charge in [-0.25, -0.2) is 0 Å². The molecule has 0 saturated carbocycles. The van der Waals surface area contributed by atoms with Crippen molar-refractivity contribution in [3.63, 3.8) is 0 Å². The molecule has 1 aromatic heterocycles. The summed E-state index contributed by atoms with van der Waals surface area (Å²) in [6.45, 7) is 7.85. The van der Waals surface area contributed by atoms with Gasteiger partial charge in [-0.2, -0.15) is 0 Å². The molecule has 2 N–H and O–H groups in total. The van der Waals surface area contributed by atoms with Crippen LogP contribution in [-0.4, -0.2) is 24.5 Å². The van der Waals surface area contributed by atoms with Crippen molar-refractivity contribution in [1.29, 1.82) is 0 Å². The van der Waals surface area contributed by atoms with Crippen LogP contribution in [0.4, 0.5) is 0 Å². The highest BCUT2D eigenvalue weighted by Crippen LogP contribution is 2.30. The van der Waals surface area contributed by atoms with Gasteiger partial charge in [0.25, 0.3) is 0 Å². The van der Waals surface area contributed by atoms with Crippen LogP contribution in [-0.2, 0) is 6.42 Å². The first-order chi connectivity index (χ1) is 8.24. The standard InChI is InChI=1S/C14H24N2S/c1-3-13-4-5-14(17-13)11(2)16-8-6-12(10-15)7-9-16/h4-5,11-12H,3,6-10,15H2,1-2H3. The van der Waals surface area contributed by atoms with Crippen molar-refractivity contribution < 1.29 is 0 Å². The van der Waals surface area contributed by atoms with E-state index in [1.165, 1.54) is 35.7 Å². The maximum atomic E-state index is 5.74. The van der Waals surface area contributed by atoms with Gasteiger partial charge in [-0.05, 0) is 63.9 Å². The number of nitrogens with two attached hydrogens (primary N) is 1. The summed E-state index contributed by atoms with van der Waals surface area (Å²) in [4.78, 5) is 5.63. The lowest BCUT2D eigenvalue weighted by Crippen LogP contribution is -2.37. The maximum Gasteiger partial charge on any atom is 0.0413 e. The van der Waals surface area contributed by atoms with Crippen LogP contribution in [0.3, 0.4) is 0 Å². The van der Waals surface area contributed by atoms with E-state index in [1.54, 1.807) is 0 Å². The minimum absolute atomic E-state index is 0.582. The Labute approximate surface area is 109 Å². The molecule has 96 valence electrons. The zero-order chi connectivity index (χ0) is 12.3. The quantitative estimate of drug-likeness (QED) is 0.892. The van der Waals surface area contributed by atoms with Crippen LogP contribution in [0.5, 0.6) is 0 Å². The summed E-state index contributed by atoms with van der Waals surface area (Å²) in [6, 6.07) is 5.17. The predicted molar refractivity (Wildman–Crippen MR) is 75.5 cm³/mol. The summed E-state index contributed by atoms with van der Waals surface area (Å²) >= 11 is 1.97. The van der Waals surface area contributed by atoms with E-state index in [2.05, 4.69) is 30.9 Å². The van der Waals surface area contributed by atoms with Gasteiger partial charge in [0.2, 0.25) is 0 Å². The van der Waals surface area contributed by atoms with Crippen molar-refractivity contribution in [2.45, 2.75) is 39.2 Å². The van der Waals surface area contributed by atoms with E-state index < -0.39 is 0 Å². The Morgan fingerprint density at radius 3 is 2.65 bits per heavy atom. The minimum Gasteiger partial charge on any atom is -0.330 e. The number of hydrogen-bond acceptors (Lipinski definition) is 3. The van der Waals surface area contributed by atoms with Crippen LogP contribution in [0.2, 0.25) is 0 Å². The SMILES string of the molecule is CCc1ccc(C(C)N2CCC(CN)CC2)s1. The molecule has 1 aliphatic heterocycles. The fourth-order valence-corrected chi connectivity index (χ4v) is 3.60. The van der Waals surface area contributed by atoms with Crippen LogP contribution in [0.25, 0.3) is 0 Å². The van der Waals surface area contributed by atoms with Crippen molar-refractivity contribution in [1.82, 2.24) is 4.90 Å². The van der Waals surface area contributed by atoms with E-state index in [-0.39, 0.29) is 0 Å². The summed E-state index contributed by atoms with van der Waals surface area (Å²) in [6.07, 6.45) is 3.70. The molecule has 1 aromatic rings. The Hall–Kier alpha value is -0.380. The monoisotopic (exact) mass is 252 g/mol. The highest BCUT2D eigenvalue weighted by atomic mass is 32.1. The molecule has 2 nitrogen and oxygen atoms in total. The van der Waals surface area contributed by atoms with E-state index >= 15 is 0 Å². The molecular weight excluding hydrogens is 228 g/mol. The lowest BCUT2D eigenvalue weighted by atomic mass is 9.96. The van der Waals surface area contributed by atoms with Crippen LogP contribution < -0.4 is 5.73 Å². The average Bonchev–Trinajstić information content (AvgIpc) is 2.87. The topological polar surface area (TPSA) is 29.3 Å². The molecule has 0 aromatic carbocycles. The third-order valence-electron chi connectivity index (χ3n) is 3.97. The number of thiophene rings is 1. The summed E-state index contributed by atoms with van der Waals surface area (Å²) < 4.78 is 0. The van der Waals surface area contributed by atoms with Gasteiger partial charge in [-0.3, -0.25) is 4.90 Å². The summed E-state index contributed by atoms with van der Waals surface area (Å²) in [5, 5.41) is 0. The van der Waals surface area contributed by atoms with E-state index in [0.29, 0.717) is 6.04 Å². The van der Waals surface area contributed by atoms with Gasteiger partial charge in [0.15, 0.2) is 0 Å². The second-order valence-electron chi connectivity index (χ2n) is 5.05. The van der Waals surface area contributed by atoms with Gasteiger partial charge in [-0.1, -0.05) is 6.92 Å². The van der Waals surface area contributed by atoms with Gasteiger partial charge in [0, 0.05) is 15.8 Å². The number of piperidine rings is 1. The Morgan fingerprint density at radius 2 is 2.12 bits per heavy atom. The van der Waals surface area contributed by atoms with E-state index in [9.17, 15) is 0 Å². The Kier molecular flexibility index (Phi) is 4.60. The van der Waals surface area contributed by atoms with Crippen molar-refractivity contribution in [2.24, 2.45) is 11.7 Å². The third-order valence-corrected chi connectivity index (χ3v) is 5.37. The van der Waals surface area contributed by atoms with Crippen LogP contribution in [0, 0.1) is 5.92 Å². The largest absolute Gasteiger partial charge is 0.330 e. The van der Waals surface area contributed by atoms with Crippen molar-refractivity contribution in [3.05, 3.63) is 21.9 Å². The maximum absolute atomic E-state index is 5.74. The van der Waals surface area contributed by atoms with E-state index in [4.69, 9.17) is 5.73 Å². The molecule has 0 spiro atoms. The second-order valence-corrected chi connectivity index (χ2v) is 6.25. The molecule has 17 heavy (non-hydrogen) atoms. The van der Waals surface area contributed by atoms with Gasteiger partial charge in [0.1, 0.15) is 0 Å². The fourth-order valence-electron chi connectivity index (χ4n) is 2.56. The molecule has 1 aliphatic rings. The Morgan fingerprint density at radius 1 is 1.41 bits per heavy atom. The number of nitrogens with zero attached hydrogens (tertiary/aromatic N) is 1. The smallest absolute Gasteiger partial charge is 0.0413 e. The molecule has 2 rings (SSSR count). The van der Waals surface area contributed by atoms with Gasteiger partial charge in [0.05, 0.1) is 0 Å². The first-order valence-electron chi connectivity index (χ1n) is 6.77. The van der Waals surface area contributed by atoms with Crippen LogP contribution in [0.15, 0.2) is 12.1 Å². The Bertz CT molecular complexity index is 340. The van der Waals surface area contributed by atoms with E-state index in [0.717, 1.165) is 18.9 Å². The zero-order valence-corrected chi connectivity index (χ0v) is 11.8. The lowest BCUT2D eigenvalue weighted by molar-refractivity contribution is 0.145. The number of rotatable bonds is 4. The van der Waals surface area contributed by atoms with Gasteiger partial charge >= 0.3 is 0 Å². The molecule has 1 saturated heterocycles. The highest BCUT2D eigenvalue weighted by molar-refractivity contribution is 7.12. The van der Waals surface area contributed by atoms with Crippen molar-refractivity contribution in [2.75, 3.05) is 19.6 Å². The number of likely N-dealkylation sites (tertiary alicyclic amines) is 1. The lowest BCUT2D eigenvalue weighted by Gasteiger charge is -2.35. The molecular formula is C14H24N2S. The summed E-state index contributed by atoms with van der Waals surface area (Å²) in [7, 11) is 0. The van der Waals surface area contributed by atoms with Crippen LogP contribution in [0.1, 0.15) is 42.5 Å². The van der Waals surface area contributed by atoms with Gasteiger partial charge < -0.3 is 5.73 Å². The molecule has 1 unspecified atom stereocenters. The molecule has 0 amide bonds. The molecule has 1 atom stereocenters. The van der Waals surface area contributed by atoms with Crippen molar-refractivity contribution >= 4 is 11.3 Å². The molecule has 0 radical (unpaired) electrons. The molecule has 0 bridgehead atoms. The first kappa shape index (κ1) is 13.1. The average molecular weight is 252 g/mol. The summed E-state index contributed by atoms with van der Waals surface area (Å²) in [5.41, 5.74) is 5.74. The third kappa shape index (κ3) is 3.09. The second kappa shape index (κ2) is 5.98. The van der Waals surface area contributed by atoms with Crippen LogP contribution >= 0.6 is 11.3 Å². The molecule has 0 aliphatic carbocycles. The highest BCUT2D eigenvalue weighted by Gasteiger charge is 2.23. The molecule has 1 fully saturated rings. The first-order valence-corrected chi connectivity index (χ1v) is 7.59. The normalized spacial score (nSPS) is 20.6. The number of aryl methyl sites for hydroxylation is 1. The van der Waals surface area contributed by atoms with E-state index in [1.807, 2.05) is 11.3 Å². The predicted octanol–water partition coefficient (Wildman–Crippen LogP) is 3.04. The number of hydrogen-bond donors (Lipinski definition) is 1. The summed E-state index contributed by atoms with van der Waals surface area (Å²) in [5.74, 6) is 0.757. The minimum atomic E-state index is 0.582. The van der Waals surface area contributed by atoms with Crippen molar-refractivity contribution in [3.8, 4) is 0 Å². The molecule has 3 heteroatoms.